The van der Waals surface area contributed by atoms with Crippen LogP contribution in [0.3, 0.4) is 0 Å². The van der Waals surface area contributed by atoms with Gasteiger partial charge in [-0.15, -0.1) is 0 Å². The maximum Gasteiger partial charge on any atom is 0.252 e. The zero-order valence-electron chi connectivity index (χ0n) is 14.6. The lowest BCUT2D eigenvalue weighted by atomic mass is 10.0. The highest BCUT2D eigenvalue weighted by Crippen LogP contribution is 2.25. The predicted molar refractivity (Wildman–Crippen MR) is 99.5 cm³/mol. The van der Waals surface area contributed by atoms with Crippen molar-refractivity contribution in [3.63, 3.8) is 0 Å². The monoisotopic (exact) mass is 337 g/mol. The van der Waals surface area contributed by atoms with Crippen LogP contribution in [0, 0.1) is 6.92 Å². The van der Waals surface area contributed by atoms with Crippen molar-refractivity contribution in [2.45, 2.75) is 32.7 Å². The molecule has 130 valence electrons. The van der Waals surface area contributed by atoms with Crippen LogP contribution < -0.4 is 16.0 Å². The number of nitrogens with one attached hydrogen (secondary N) is 1. The molecule has 0 radical (unpaired) electrons. The zero-order chi connectivity index (χ0) is 18.0. The Hall–Kier alpha value is -2.82. The molecule has 0 aromatic heterocycles. The van der Waals surface area contributed by atoms with Crippen LogP contribution in [0.1, 0.15) is 47.3 Å². The molecule has 0 spiro atoms. The molecule has 0 saturated carbocycles. The largest absolute Gasteiger partial charge is 0.399 e. The van der Waals surface area contributed by atoms with Gasteiger partial charge in [-0.3, -0.25) is 9.59 Å². The normalized spacial score (nSPS) is 15.3. The number of nitrogens with zero attached hydrogens (tertiary/aromatic N) is 1. The SMILES string of the molecule is Cc1ccc(N)cc1C(=O)NC(C)c1cccc(N2CCCC2=O)c1. The molecule has 1 aliphatic rings. The third kappa shape index (κ3) is 3.65. The highest BCUT2D eigenvalue weighted by molar-refractivity contribution is 5.97. The van der Waals surface area contributed by atoms with E-state index in [1.54, 1.807) is 17.0 Å². The van der Waals surface area contributed by atoms with Crippen molar-refractivity contribution in [3.05, 3.63) is 59.2 Å². The predicted octanol–water partition coefficient (Wildman–Crippen LogP) is 3.20. The van der Waals surface area contributed by atoms with E-state index in [4.69, 9.17) is 5.73 Å². The van der Waals surface area contributed by atoms with Crippen LogP contribution in [0.25, 0.3) is 0 Å². The Morgan fingerprint density at radius 1 is 1.24 bits per heavy atom. The smallest absolute Gasteiger partial charge is 0.252 e. The molecule has 1 unspecified atom stereocenters. The first-order chi connectivity index (χ1) is 12.0. The molecule has 3 rings (SSSR count). The number of amides is 2. The summed E-state index contributed by atoms with van der Waals surface area (Å²) in [6, 6.07) is 12.9. The minimum absolute atomic E-state index is 0.153. The van der Waals surface area contributed by atoms with E-state index in [0.29, 0.717) is 17.7 Å². The summed E-state index contributed by atoms with van der Waals surface area (Å²) in [7, 11) is 0. The Labute approximate surface area is 147 Å². The number of anilines is 2. The molecule has 0 aliphatic carbocycles. The zero-order valence-corrected chi connectivity index (χ0v) is 14.6. The van der Waals surface area contributed by atoms with Gasteiger partial charge in [0.2, 0.25) is 5.91 Å². The average Bonchev–Trinajstić information content (AvgIpc) is 3.03. The van der Waals surface area contributed by atoms with Crippen LogP contribution in [0.2, 0.25) is 0 Å². The molecule has 1 fully saturated rings. The second-order valence-electron chi connectivity index (χ2n) is 6.51. The Bertz CT molecular complexity index is 816. The maximum atomic E-state index is 12.6. The van der Waals surface area contributed by atoms with Gasteiger partial charge in [0.15, 0.2) is 0 Å². The third-order valence-corrected chi connectivity index (χ3v) is 4.61. The van der Waals surface area contributed by atoms with Gasteiger partial charge in [-0.1, -0.05) is 18.2 Å². The fraction of sp³-hybridized carbons (Fsp3) is 0.300. The van der Waals surface area contributed by atoms with Gasteiger partial charge in [-0.05, 0) is 55.7 Å². The Morgan fingerprint density at radius 2 is 2.04 bits per heavy atom. The standard InChI is InChI=1S/C20H23N3O2/c1-13-8-9-16(21)12-18(13)20(25)22-14(2)15-5-3-6-17(11-15)23-10-4-7-19(23)24/h3,5-6,8-9,11-12,14H,4,7,10,21H2,1-2H3,(H,22,25). The van der Waals surface area contributed by atoms with Crippen LogP contribution in [0.15, 0.2) is 42.5 Å². The van der Waals surface area contributed by atoms with Crippen molar-refractivity contribution >= 4 is 23.2 Å². The number of nitrogens with two attached hydrogens (primary N) is 1. The molecule has 5 heteroatoms. The number of rotatable bonds is 4. The summed E-state index contributed by atoms with van der Waals surface area (Å²) in [5.74, 6) is 0.00387. The molecule has 1 saturated heterocycles. The number of aryl methyl sites for hydroxylation is 1. The van der Waals surface area contributed by atoms with Crippen molar-refractivity contribution in [1.29, 1.82) is 0 Å². The van der Waals surface area contributed by atoms with Crippen LogP contribution in [-0.4, -0.2) is 18.4 Å². The summed E-state index contributed by atoms with van der Waals surface area (Å²) in [4.78, 5) is 26.3. The highest BCUT2D eigenvalue weighted by Gasteiger charge is 2.22. The van der Waals surface area contributed by atoms with E-state index in [1.165, 1.54) is 0 Å². The van der Waals surface area contributed by atoms with Crippen molar-refractivity contribution < 1.29 is 9.59 Å². The van der Waals surface area contributed by atoms with Gasteiger partial charge in [-0.25, -0.2) is 0 Å². The first-order valence-corrected chi connectivity index (χ1v) is 8.53. The highest BCUT2D eigenvalue weighted by atomic mass is 16.2. The average molecular weight is 337 g/mol. The van der Waals surface area contributed by atoms with E-state index in [1.807, 2.05) is 44.2 Å². The topological polar surface area (TPSA) is 75.4 Å². The van der Waals surface area contributed by atoms with Crippen molar-refractivity contribution in [1.82, 2.24) is 5.32 Å². The number of benzene rings is 2. The molecular formula is C20H23N3O2. The number of carbonyl (C=O) groups is 2. The van der Waals surface area contributed by atoms with E-state index in [-0.39, 0.29) is 17.9 Å². The lowest BCUT2D eigenvalue weighted by Gasteiger charge is -2.20. The van der Waals surface area contributed by atoms with Gasteiger partial charge in [-0.2, -0.15) is 0 Å². The van der Waals surface area contributed by atoms with Crippen LogP contribution >= 0.6 is 0 Å². The lowest BCUT2D eigenvalue weighted by Crippen LogP contribution is -2.28. The summed E-state index contributed by atoms with van der Waals surface area (Å²) in [6.07, 6.45) is 1.50. The number of hydrogen-bond donors (Lipinski definition) is 2. The van der Waals surface area contributed by atoms with Crippen molar-refractivity contribution in [3.8, 4) is 0 Å². The Morgan fingerprint density at radius 3 is 2.76 bits per heavy atom. The number of hydrogen-bond acceptors (Lipinski definition) is 3. The second kappa shape index (κ2) is 6.97. The second-order valence-corrected chi connectivity index (χ2v) is 6.51. The molecule has 1 aliphatic heterocycles. The summed E-state index contributed by atoms with van der Waals surface area (Å²) in [5, 5.41) is 3.01. The first kappa shape index (κ1) is 17.0. The molecular weight excluding hydrogens is 314 g/mol. The van der Waals surface area contributed by atoms with E-state index >= 15 is 0 Å². The fourth-order valence-corrected chi connectivity index (χ4v) is 3.13. The Balaban J connectivity index is 1.77. The summed E-state index contributed by atoms with van der Waals surface area (Å²) >= 11 is 0. The van der Waals surface area contributed by atoms with Crippen molar-refractivity contribution in [2.24, 2.45) is 0 Å². The molecule has 1 heterocycles. The Kier molecular flexibility index (Phi) is 4.74. The number of nitrogen functional groups attached to an aromatic ring is 1. The van der Waals surface area contributed by atoms with Crippen molar-refractivity contribution in [2.75, 3.05) is 17.2 Å². The van der Waals surface area contributed by atoms with Gasteiger partial charge in [0.1, 0.15) is 0 Å². The van der Waals surface area contributed by atoms with Crippen LogP contribution in [0.5, 0.6) is 0 Å². The lowest BCUT2D eigenvalue weighted by molar-refractivity contribution is -0.117. The van der Waals surface area contributed by atoms with Gasteiger partial charge in [0.05, 0.1) is 6.04 Å². The molecule has 5 nitrogen and oxygen atoms in total. The summed E-state index contributed by atoms with van der Waals surface area (Å²) in [5.41, 5.74) is 9.68. The molecule has 3 N–H and O–H groups in total. The van der Waals surface area contributed by atoms with Gasteiger partial charge in [0, 0.05) is 29.9 Å². The molecule has 1 atom stereocenters. The van der Waals surface area contributed by atoms with Gasteiger partial charge >= 0.3 is 0 Å². The minimum Gasteiger partial charge on any atom is -0.399 e. The van der Waals surface area contributed by atoms with E-state index < -0.39 is 0 Å². The van der Waals surface area contributed by atoms with E-state index in [0.717, 1.165) is 29.8 Å². The van der Waals surface area contributed by atoms with Crippen LogP contribution in [0.4, 0.5) is 11.4 Å². The number of carbonyl (C=O) groups excluding carboxylic acids is 2. The third-order valence-electron chi connectivity index (χ3n) is 4.61. The molecule has 2 amide bonds. The molecule has 2 aromatic carbocycles. The van der Waals surface area contributed by atoms with Gasteiger partial charge in [0.25, 0.3) is 5.91 Å². The fourth-order valence-electron chi connectivity index (χ4n) is 3.13. The molecule has 2 aromatic rings. The first-order valence-electron chi connectivity index (χ1n) is 8.53. The van der Waals surface area contributed by atoms with Crippen LogP contribution in [-0.2, 0) is 4.79 Å². The quantitative estimate of drug-likeness (QED) is 0.841. The minimum atomic E-state index is -0.175. The van der Waals surface area contributed by atoms with E-state index in [2.05, 4.69) is 5.32 Å². The van der Waals surface area contributed by atoms with E-state index in [9.17, 15) is 9.59 Å². The summed E-state index contributed by atoms with van der Waals surface area (Å²) in [6.45, 7) is 4.58. The summed E-state index contributed by atoms with van der Waals surface area (Å²) < 4.78 is 0. The molecule has 25 heavy (non-hydrogen) atoms. The van der Waals surface area contributed by atoms with Gasteiger partial charge < -0.3 is 16.0 Å². The molecule has 0 bridgehead atoms. The maximum absolute atomic E-state index is 12.6.